The van der Waals surface area contributed by atoms with Crippen LogP contribution in [0.15, 0.2) is 36.5 Å². The average Bonchev–Trinajstić information content (AvgIpc) is 2.74. The van der Waals surface area contributed by atoms with Gasteiger partial charge in [-0.15, -0.1) is 11.3 Å². The summed E-state index contributed by atoms with van der Waals surface area (Å²) in [7, 11) is 0. The number of rotatable bonds is 2. The van der Waals surface area contributed by atoms with Crippen molar-refractivity contribution in [3.63, 3.8) is 0 Å². The summed E-state index contributed by atoms with van der Waals surface area (Å²) in [5.74, 6) is 1.66. The van der Waals surface area contributed by atoms with E-state index in [1.807, 2.05) is 31.2 Å². The first-order valence-corrected chi connectivity index (χ1v) is 7.61. The maximum atomic E-state index is 6.00. The van der Waals surface area contributed by atoms with Crippen LogP contribution in [0.1, 0.15) is 5.56 Å². The van der Waals surface area contributed by atoms with E-state index in [0.717, 1.165) is 33.0 Å². The van der Waals surface area contributed by atoms with Crippen LogP contribution in [0, 0.1) is 9.81 Å². The molecule has 3 nitrogen and oxygen atoms in total. The molecule has 1 aromatic carbocycles. The van der Waals surface area contributed by atoms with Crippen molar-refractivity contribution in [2.75, 3.05) is 5.73 Å². The molecule has 3 rings (SSSR count). The smallest absolute Gasteiger partial charge is 0.148 e. The molecular weight excluding hydrogens is 371 g/mol. The number of ether oxygens (including phenoxy) is 1. The second-order valence-electron chi connectivity index (χ2n) is 4.20. The number of hydrogen-bond acceptors (Lipinski definition) is 4. The SMILES string of the molecule is Cc1cc(N)ccc1Oc1ccnc2cc(I)sc12. The molecule has 0 saturated carbocycles. The summed E-state index contributed by atoms with van der Waals surface area (Å²) in [5, 5.41) is 0. The van der Waals surface area contributed by atoms with Crippen LogP contribution >= 0.6 is 33.9 Å². The van der Waals surface area contributed by atoms with Gasteiger partial charge in [0.05, 0.1) is 13.1 Å². The van der Waals surface area contributed by atoms with Crippen molar-refractivity contribution in [2.45, 2.75) is 6.92 Å². The largest absolute Gasteiger partial charge is 0.455 e. The summed E-state index contributed by atoms with van der Waals surface area (Å²) < 4.78 is 8.27. The van der Waals surface area contributed by atoms with E-state index in [1.165, 1.54) is 2.88 Å². The molecule has 0 saturated heterocycles. The Labute approximate surface area is 128 Å². The summed E-state index contributed by atoms with van der Waals surface area (Å²) in [4.78, 5) is 4.35. The third-order valence-corrected chi connectivity index (χ3v) is 4.66. The van der Waals surface area contributed by atoms with Crippen molar-refractivity contribution in [1.29, 1.82) is 0 Å². The van der Waals surface area contributed by atoms with Crippen molar-refractivity contribution in [3.05, 3.63) is 45.0 Å². The third-order valence-electron chi connectivity index (χ3n) is 2.76. The Morgan fingerprint density at radius 1 is 1.21 bits per heavy atom. The van der Waals surface area contributed by atoms with Gasteiger partial charge >= 0.3 is 0 Å². The lowest BCUT2D eigenvalue weighted by Crippen LogP contribution is -1.91. The highest BCUT2D eigenvalue weighted by atomic mass is 127. The summed E-state index contributed by atoms with van der Waals surface area (Å²) in [6, 6.07) is 9.61. The Hall–Kier alpha value is -1.34. The van der Waals surface area contributed by atoms with Gasteiger partial charge in [0.1, 0.15) is 11.5 Å². The van der Waals surface area contributed by atoms with Crippen LogP contribution in [0.25, 0.3) is 10.2 Å². The minimum atomic E-state index is 0.746. The number of hydrogen-bond donors (Lipinski definition) is 1. The first kappa shape index (κ1) is 12.7. The first-order chi connectivity index (χ1) is 9.13. The summed E-state index contributed by atoms with van der Waals surface area (Å²) in [5.41, 5.74) is 8.49. The van der Waals surface area contributed by atoms with Gasteiger partial charge in [-0.2, -0.15) is 0 Å². The average molecular weight is 382 g/mol. The van der Waals surface area contributed by atoms with Crippen LogP contribution in [0.4, 0.5) is 5.69 Å². The summed E-state index contributed by atoms with van der Waals surface area (Å²) in [6.07, 6.45) is 1.77. The van der Waals surface area contributed by atoms with Crippen LogP contribution in [0.5, 0.6) is 11.5 Å². The molecule has 0 bridgehead atoms. The number of nitrogens with two attached hydrogens (primary N) is 1. The molecule has 0 unspecified atom stereocenters. The third kappa shape index (κ3) is 2.52. The van der Waals surface area contributed by atoms with Gasteiger partial charge in [0, 0.05) is 18.0 Å². The van der Waals surface area contributed by atoms with Crippen molar-refractivity contribution in [2.24, 2.45) is 0 Å². The van der Waals surface area contributed by atoms with Crippen LogP contribution in [-0.2, 0) is 0 Å². The Kier molecular flexibility index (Phi) is 3.32. The minimum absolute atomic E-state index is 0.746. The molecule has 2 N–H and O–H groups in total. The van der Waals surface area contributed by atoms with Gasteiger partial charge in [0.2, 0.25) is 0 Å². The molecule has 0 fully saturated rings. The number of anilines is 1. The van der Waals surface area contributed by atoms with Gasteiger partial charge in [-0.25, -0.2) is 0 Å². The fraction of sp³-hybridized carbons (Fsp3) is 0.0714. The second-order valence-corrected chi connectivity index (χ2v) is 7.15. The predicted octanol–water partition coefficient (Wildman–Crippen LogP) is 4.58. The van der Waals surface area contributed by atoms with E-state index in [2.05, 4.69) is 33.6 Å². The van der Waals surface area contributed by atoms with Gasteiger partial charge in [-0.3, -0.25) is 4.98 Å². The topological polar surface area (TPSA) is 48.1 Å². The van der Waals surface area contributed by atoms with E-state index in [-0.39, 0.29) is 0 Å². The number of halogens is 1. The lowest BCUT2D eigenvalue weighted by molar-refractivity contribution is 0.485. The van der Waals surface area contributed by atoms with Crippen LogP contribution < -0.4 is 10.5 Å². The summed E-state index contributed by atoms with van der Waals surface area (Å²) >= 11 is 3.98. The summed E-state index contributed by atoms with van der Waals surface area (Å²) in [6.45, 7) is 1.99. The van der Waals surface area contributed by atoms with E-state index >= 15 is 0 Å². The maximum Gasteiger partial charge on any atom is 0.148 e. The Morgan fingerprint density at radius 3 is 2.84 bits per heavy atom. The minimum Gasteiger partial charge on any atom is -0.455 e. The zero-order chi connectivity index (χ0) is 13.4. The van der Waals surface area contributed by atoms with E-state index in [0.29, 0.717) is 0 Å². The number of pyridine rings is 1. The zero-order valence-electron chi connectivity index (χ0n) is 10.2. The Bertz CT molecular complexity index is 754. The number of aryl methyl sites for hydroxylation is 1. The maximum absolute atomic E-state index is 6.00. The number of benzene rings is 1. The Morgan fingerprint density at radius 2 is 2.05 bits per heavy atom. The molecule has 2 aromatic heterocycles. The highest BCUT2D eigenvalue weighted by Crippen LogP contribution is 2.36. The number of aromatic nitrogens is 1. The van der Waals surface area contributed by atoms with E-state index in [9.17, 15) is 0 Å². The second kappa shape index (κ2) is 4.97. The highest BCUT2D eigenvalue weighted by Gasteiger charge is 2.09. The first-order valence-electron chi connectivity index (χ1n) is 5.71. The Balaban J connectivity index is 2.05. The van der Waals surface area contributed by atoms with Gasteiger partial charge < -0.3 is 10.5 Å². The molecule has 0 radical (unpaired) electrons. The lowest BCUT2D eigenvalue weighted by atomic mass is 10.2. The molecule has 19 heavy (non-hydrogen) atoms. The van der Waals surface area contributed by atoms with Crippen molar-refractivity contribution < 1.29 is 4.74 Å². The van der Waals surface area contributed by atoms with Crippen LogP contribution in [-0.4, -0.2) is 4.98 Å². The molecule has 0 aliphatic rings. The van der Waals surface area contributed by atoms with Gasteiger partial charge in [0.15, 0.2) is 0 Å². The molecule has 0 aliphatic carbocycles. The molecule has 0 spiro atoms. The van der Waals surface area contributed by atoms with Gasteiger partial charge in [-0.1, -0.05) is 0 Å². The number of fused-ring (bicyclic) bond motifs is 1. The van der Waals surface area contributed by atoms with Crippen LogP contribution in [0.2, 0.25) is 0 Å². The fourth-order valence-corrected chi connectivity index (χ4v) is 3.62. The number of nitrogens with zero attached hydrogens (tertiary/aromatic N) is 1. The molecule has 5 heteroatoms. The quantitative estimate of drug-likeness (QED) is 0.521. The number of thiophene rings is 1. The molecule has 0 amide bonds. The molecular formula is C14H11IN2OS. The molecule has 0 atom stereocenters. The molecule has 3 aromatic rings. The van der Waals surface area contributed by atoms with Crippen molar-refractivity contribution in [3.8, 4) is 11.5 Å². The molecule has 96 valence electrons. The normalized spacial score (nSPS) is 10.8. The van der Waals surface area contributed by atoms with E-state index in [1.54, 1.807) is 17.5 Å². The zero-order valence-corrected chi connectivity index (χ0v) is 13.2. The van der Waals surface area contributed by atoms with E-state index < -0.39 is 0 Å². The van der Waals surface area contributed by atoms with Crippen LogP contribution in [0.3, 0.4) is 0 Å². The highest BCUT2D eigenvalue weighted by molar-refractivity contribution is 14.1. The van der Waals surface area contributed by atoms with Crippen molar-refractivity contribution >= 4 is 49.8 Å². The predicted molar refractivity (Wildman–Crippen MR) is 88.0 cm³/mol. The monoisotopic (exact) mass is 382 g/mol. The van der Waals surface area contributed by atoms with E-state index in [4.69, 9.17) is 10.5 Å². The van der Waals surface area contributed by atoms with Gasteiger partial charge in [-0.05, 0) is 59.3 Å². The van der Waals surface area contributed by atoms with Crippen molar-refractivity contribution in [1.82, 2.24) is 4.98 Å². The fourth-order valence-electron chi connectivity index (χ4n) is 1.87. The standard InChI is InChI=1S/C14H11IN2OS/c1-8-6-9(16)2-3-11(8)18-12-4-5-17-10-7-13(15)19-14(10)12/h2-7H,16H2,1H3. The number of nitrogen functional groups attached to an aromatic ring is 1. The van der Waals surface area contributed by atoms with Gasteiger partial charge in [0.25, 0.3) is 0 Å². The lowest BCUT2D eigenvalue weighted by Gasteiger charge is -2.09. The molecule has 0 aliphatic heterocycles. The molecule has 2 heterocycles.